The number of anilines is 1. The van der Waals surface area contributed by atoms with Crippen molar-refractivity contribution in [2.24, 2.45) is 0 Å². The molecule has 11 heteroatoms. The van der Waals surface area contributed by atoms with Gasteiger partial charge in [0, 0.05) is 38.5 Å². The Morgan fingerprint density at radius 2 is 1.91 bits per heavy atom. The lowest BCUT2D eigenvalue weighted by atomic mass is 10.0. The van der Waals surface area contributed by atoms with Crippen molar-refractivity contribution < 1.29 is 31.1 Å². The predicted octanol–water partition coefficient (Wildman–Crippen LogP) is 3.11. The van der Waals surface area contributed by atoms with Gasteiger partial charge in [-0.2, -0.15) is 22.7 Å². The molecular formula is C21H22F3N3O4S. The van der Waals surface area contributed by atoms with Crippen molar-refractivity contribution in [1.82, 2.24) is 4.31 Å². The number of halogens is 3. The van der Waals surface area contributed by atoms with Crippen molar-refractivity contribution in [3.63, 3.8) is 0 Å². The third-order valence-electron chi connectivity index (χ3n) is 5.24. The van der Waals surface area contributed by atoms with Crippen LogP contribution < -0.4 is 9.64 Å². The van der Waals surface area contributed by atoms with Crippen LogP contribution in [0, 0.1) is 11.3 Å². The van der Waals surface area contributed by atoms with E-state index in [2.05, 4.69) is 0 Å². The van der Waals surface area contributed by atoms with Crippen molar-refractivity contribution in [2.75, 3.05) is 45.4 Å². The lowest BCUT2D eigenvalue weighted by Gasteiger charge is -2.42. The maximum atomic E-state index is 13.4. The Bertz CT molecular complexity index is 1120. The number of nitriles is 1. The summed E-state index contributed by atoms with van der Waals surface area (Å²) in [5.41, 5.74) is -1.25. The zero-order chi connectivity index (χ0) is 23.5. The van der Waals surface area contributed by atoms with E-state index in [1.807, 2.05) is 0 Å². The van der Waals surface area contributed by atoms with E-state index < -0.39 is 33.4 Å². The van der Waals surface area contributed by atoms with E-state index in [0.717, 1.165) is 12.1 Å². The molecule has 1 aliphatic heterocycles. The molecule has 2 aromatic rings. The summed E-state index contributed by atoms with van der Waals surface area (Å²) in [5, 5.41) is 9.02. The topological polar surface area (TPSA) is 82.9 Å². The minimum atomic E-state index is -4.69. The molecule has 32 heavy (non-hydrogen) atoms. The van der Waals surface area contributed by atoms with Gasteiger partial charge in [0.25, 0.3) is 0 Å². The van der Waals surface area contributed by atoms with Gasteiger partial charge in [-0.1, -0.05) is 6.07 Å². The number of hydrogen-bond acceptors (Lipinski definition) is 6. The summed E-state index contributed by atoms with van der Waals surface area (Å²) in [5.74, 6) is 0.399. The second kappa shape index (κ2) is 9.36. The van der Waals surface area contributed by atoms with E-state index in [1.165, 1.54) is 36.7 Å². The molecule has 0 aliphatic carbocycles. The largest absolute Gasteiger partial charge is 0.497 e. The quantitative estimate of drug-likeness (QED) is 0.647. The first kappa shape index (κ1) is 23.8. The molecule has 0 spiro atoms. The molecule has 2 aromatic carbocycles. The van der Waals surface area contributed by atoms with Crippen LogP contribution >= 0.6 is 0 Å². The zero-order valence-electron chi connectivity index (χ0n) is 17.5. The monoisotopic (exact) mass is 469 g/mol. The van der Waals surface area contributed by atoms with E-state index in [1.54, 1.807) is 23.1 Å². The summed E-state index contributed by atoms with van der Waals surface area (Å²) in [6, 6.07) is 10.6. The lowest BCUT2D eigenvalue weighted by Crippen LogP contribution is -2.56. The third kappa shape index (κ3) is 4.82. The number of alkyl halides is 3. The summed E-state index contributed by atoms with van der Waals surface area (Å²) >= 11 is 0. The molecule has 1 heterocycles. The normalized spacial score (nSPS) is 17.8. The fourth-order valence-corrected chi connectivity index (χ4v) is 5.18. The molecule has 0 amide bonds. The number of rotatable bonds is 6. The highest BCUT2D eigenvalue weighted by molar-refractivity contribution is 7.89. The van der Waals surface area contributed by atoms with Crippen LogP contribution in [0.15, 0.2) is 47.4 Å². The molecule has 0 saturated carbocycles. The van der Waals surface area contributed by atoms with Gasteiger partial charge >= 0.3 is 6.18 Å². The zero-order valence-corrected chi connectivity index (χ0v) is 18.3. The average Bonchev–Trinajstić information content (AvgIpc) is 2.78. The summed E-state index contributed by atoms with van der Waals surface area (Å²) in [6.07, 6.45) is -4.69. The third-order valence-corrected chi connectivity index (χ3v) is 7.11. The number of benzene rings is 2. The summed E-state index contributed by atoms with van der Waals surface area (Å²) < 4.78 is 78.1. The van der Waals surface area contributed by atoms with Gasteiger partial charge < -0.3 is 14.4 Å². The molecule has 1 unspecified atom stereocenters. The predicted molar refractivity (Wildman–Crippen MR) is 111 cm³/mol. The van der Waals surface area contributed by atoms with Crippen LogP contribution in [0.5, 0.6) is 5.75 Å². The fraction of sp³-hybridized carbons (Fsp3) is 0.381. The van der Waals surface area contributed by atoms with E-state index in [9.17, 15) is 21.6 Å². The molecule has 0 aromatic heterocycles. The number of piperazine rings is 1. The Kier molecular flexibility index (Phi) is 6.97. The van der Waals surface area contributed by atoms with E-state index in [4.69, 9.17) is 14.7 Å². The van der Waals surface area contributed by atoms with Crippen LogP contribution in [0.3, 0.4) is 0 Å². The number of ether oxygens (including phenoxy) is 2. The highest BCUT2D eigenvalue weighted by Crippen LogP contribution is 2.35. The van der Waals surface area contributed by atoms with Gasteiger partial charge in [-0.15, -0.1) is 0 Å². The number of nitrogens with zero attached hydrogens (tertiary/aromatic N) is 3. The Hall–Kier alpha value is -2.81. The smallest absolute Gasteiger partial charge is 0.417 e. The van der Waals surface area contributed by atoms with Crippen LogP contribution in [0.4, 0.5) is 18.9 Å². The molecule has 1 atom stereocenters. The second-order valence-electron chi connectivity index (χ2n) is 7.18. The van der Waals surface area contributed by atoms with Gasteiger partial charge in [-0.25, -0.2) is 8.42 Å². The highest BCUT2D eigenvalue weighted by atomic mass is 32.2. The van der Waals surface area contributed by atoms with Gasteiger partial charge in [0.2, 0.25) is 10.0 Å². The Balaban J connectivity index is 1.91. The van der Waals surface area contributed by atoms with E-state index in [0.29, 0.717) is 5.75 Å². The molecule has 3 rings (SSSR count). The van der Waals surface area contributed by atoms with Gasteiger partial charge in [0.05, 0.1) is 41.9 Å². The fourth-order valence-electron chi connectivity index (χ4n) is 3.67. The molecule has 7 nitrogen and oxygen atoms in total. The first-order valence-corrected chi connectivity index (χ1v) is 11.1. The minimum absolute atomic E-state index is 0.0226. The molecule has 1 aliphatic rings. The van der Waals surface area contributed by atoms with Gasteiger partial charge in [-0.3, -0.25) is 0 Å². The first-order chi connectivity index (χ1) is 15.1. The lowest BCUT2D eigenvalue weighted by molar-refractivity contribution is -0.137. The van der Waals surface area contributed by atoms with E-state index in [-0.39, 0.29) is 36.8 Å². The summed E-state index contributed by atoms with van der Waals surface area (Å²) in [4.78, 5) is 1.75. The number of hydrogen-bond donors (Lipinski definition) is 0. The summed E-state index contributed by atoms with van der Waals surface area (Å²) in [7, 11) is -0.971. The molecule has 1 fully saturated rings. The number of methoxy groups -OCH3 is 2. The Labute approximate surface area is 184 Å². The highest BCUT2D eigenvalue weighted by Gasteiger charge is 2.37. The van der Waals surface area contributed by atoms with E-state index >= 15 is 0 Å². The average molecular weight is 469 g/mol. The van der Waals surface area contributed by atoms with Crippen LogP contribution in [0.25, 0.3) is 0 Å². The number of sulfonamides is 1. The minimum Gasteiger partial charge on any atom is -0.497 e. The van der Waals surface area contributed by atoms with Crippen molar-refractivity contribution in [1.29, 1.82) is 5.26 Å². The summed E-state index contributed by atoms with van der Waals surface area (Å²) in [6.45, 7) is 0.349. The van der Waals surface area contributed by atoms with Crippen molar-refractivity contribution in [3.8, 4) is 11.8 Å². The molecule has 172 valence electrons. The molecule has 0 N–H and O–H groups in total. The van der Waals surface area contributed by atoms with Crippen molar-refractivity contribution in [2.45, 2.75) is 17.1 Å². The molecule has 0 bridgehead atoms. The standard InChI is InChI=1S/C21H22F3N3O4S/c1-30-14-17-13-26(32(28,29)19-5-3-4-18(11-19)31-2)8-9-27(17)16-7-6-15(12-25)20(10-16)21(22,23)24/h3-7,10-11,17H,8-9,13-14H2,1-2H3. The first-order valence-electron chi connectivity index (χ1n) is 9.63. The molecular weight excluding hydrogens is 447 g/mol. The SMILES string of the molecule is COCC1CN(S(=O)(=O)c2cccc(OC)c2)CCN1c1ccc(C#N)c(C(F)(F)F)c1. The van der Waals surface area contributed by atoms with Crippen LogP contribution in [0.1, 0.15) is 11.1 Å². The van der Waals surface area contributed by atoms with Crippen molar-refractivity contribution >= 4 is 15.7 Å². The molecule has 1 saturated heterocycles. The van der Waals surface area contributed by atoms with Gasteiger partial charge in [0.15, 0.2) is 0 Å². The maximum Gasteiger partial charge on any atom is 0.417 e. The van der Waals surface area contributed by atoms with Crippen LogP contribution in [-0.4, -0.2) is 59.2 Å². The second-order valence-corrected chi connectivity index (χ2v) is 9.12. The van der Waals surface area contributed by atoms with Crippen LogP contribution in [0.2, 0.25) is 0 Å². The maximum absolute atomic E-state index is 13.4. The van der Waals surface area contributed by atoms with Crippen molar-refractivity contribution in [3.05, 3.63) is 53.6 Å². The Morgan fingerprint density at radius 1 is 1.16 bits per heavy atom. The van der Waals surface area contributed by atoms with Crippen LogP contribution in [-0.2, 0) is 20.9 Å². The Morgan fingerprint density at radius 3 is 2.53 bits per heavy atom. The van der Waals surface area contributed by atoms with Gasteiger partial charge in [-0.05, 0) is 30.3 Å². The molecule has 0 radical (unpaired) electrons. The van der Waals surface area contributed by atoms with Gasteiger partial charge in [0.1, 0.15) is 5.75 Å².